The van der Waals surface area contributed by atoms with E-state index in [0.717, 1.165) is 0 Å². The summed E-state index contributed by atoms with van der Waals surface area (Å²) < 4.78 is 15.1. The van der Waals surface area contributed by atoms with Crippen LogP contribution in [0.5, 0.6) is 0 Å². The Kier molecular flexibility index (Phi) is 11.2. The van der Waals surface area contributed by atoms with Crippen molar-refractivity contribution in [3.63, 3.8) is 0 Å². The van der Waals surface area contributed by atoms with E-state index in [2.05, 4.69) is 5.32 Å². The fraction of sp³-hybridized carbons (Fsp3) is 0.556. The first-order valence-corrected chi connectivity index (χ1v) is 8.53. The van der Waals surface area contributed by atoms with E-state index in [4.69, 9.17) is 14.2 Å². The summed E-state index contributed by atoms with van der Waals surface area (Å²) in [6.07, 6.45) is -1.64. The van der Waals surface area contributed by atoms with Crippen molar-refractivity contribution >= 4 is 11.9 Å². The second-order valence-electron chi connectivity index (χ2n) is 5.89. The lowest BCUT2D eigenvalue weighted by Crippen LogP contribution is -2.41. The van der Waals surface area contributed by atoms with Gasteiger partial charge in [-0.3, -0.25) is 4.79 Å². The molecule has 0 fully saturated rings. The van der Waals surface area contributed by atoms with Crippen LogP contribution in [0.2, 0.25) is 0 Å². The zero-order chi connectivity index (χ0) is 20.1. The molecule has 0 saturated heterocycles. The second-order valence-corrected chi connectivity index (χ2v) is 5.89. The summed E-state index contributed by atoms with van der Waals surface area (Å²) in [5, 5.41) is 30.8. The number of aliphatic hydroxyl groups excluding tert-OH is 2. The van der Waals surface area contributed by atoms with Crippen LogP contribution in [0.3, 0.4) is 0 Å². The number of carboxylic acids is 1. The van der Waals surface area contributed by atoms with Crippen molar-refractivity contribution in [2.24, 2.45) is 0 Å². The van der Waals surface area contributed by atoms with E-state index >= 15 is 0 Å². The Bertz CT molecular complexity index is 554. The predicted molar refractivity (Wildman–Crippen MR) is 95.5 cm³/mol. The predicted octanol–water partition coefficient (Wildman–Crippen LogP) is -0.339. The molecule has 4 N–H and O–H groups in total. The van der Waals surface area contributed by atoms with Gasteiger partial charge in [-0.15, -0.1) is 0 Å². The van der Waals surface area contributed by atoms with E-state index < -0.39 is 30.1 Å². The molecule has 0 saturated carbocycles. The normalized spacial score (nSPS) is 14.3. The van der Waals surface area contributed by atoms with E-state index in [0.29, 0.717) is 5.56 Å². The number of carboxylic acid groups (broad SMARTS) is 1. The average Bonchev–Trinajstić information content (AvgIpc) is 2.64. The van der Waals surface area contributed by atoms with Gasteiger partial charge in [0.2, 0.25) is 0 Å². The lowest BCUT2D eigenvalue weighted by molar-refractivity contribution is -0.139. The Balaban J connectivity index is 2.25. The van der Waals surface area contributed by atoms with Crippen molar-refractivity contribution in [1.29, 1.82) is 0 Å². The second kappa shape index (κ2) is 13.2. The van der Waals surface area contributed by atoms with Crippen molar-refractivity contribution in [1.82, 2.24) is 5.32 Å². The smallest absolute Gasteiger partial charge is 0.326 e. The van der Waals surface area contributed by atoms with Gasteiger partial charge in [-0.05, 0) is 12.1 Å². The van der Waals surface area contributed by atoms with Crippen molar-refractivity contribution in [3.8, 4) is 0 Å². The van der Waals surface area contributed by atoms with Gasteiger partial charge < -0.3 is 34.8 Å². The minimum absolute atomic E-state index is 0.0253. The molecule has 0 bridgehead atoms. The van der Waals surface area contributed by atoms with Crippen LogP contribution in [-0.4, -0.2) is 85.6 Å². The largest absolute Gasteiger partial charge is 0.480 e. The van der Waals surface area contributed by atoms with Crippen molar-refractivity contribution in [2.75, 3.05) is 40.1 Å². The zero-order valence-corrected chi connectivity index (χ0v) is 15.2. The number of aliphatic hydroxyl groups is 2. The minimum Gasteiger partial charge on any atom is -0.480 e. The summed E-state index contributed by atoms with van der Waals surface area (Å²) in [5.74, 6) is -1.65. The van der Waals surface area contributed by atoms with Crippen LogP contribution in [0.4, 0.5) is 0 Å². The van der Waals surface area contributed by atoms with E-state index in [1.807, 2.05) is 0 Å². The van der Waals surface area contributed by atoms with E-state index in [9.17, 15) is 24.9 Å². The molecule has 1 aromatic rings. The first kappa shape index (κ1) is 23.0. The Morgan fingerprint density at radius 1 is 1.00 bits per heavy atom. The maximum Gasteiger partial charge on any atom is 0.326 e. The molecule has 0 aromatic heterocycles. The molecule has 0 radical (unpaired) electrons. The minimum atomic E-state index is -1.17. The SMILES string of the molecule is COCC(O)COCC(O)COCCC(NC(=O)c1ccccc1)C(=O)O. The van der Waals surface area contributed by atoms with Crippen molar-refractivity contribution in [2.45, 2.75) is 24.7 Å². The number of hydrogen-bond donors (Lipinski definition) is 4. The van der Waals surface area contributed by atoms with E-state index in [1.165, 1.54) is 7.11 Å². The standard InChI is InChI=1S/C18H27NO8/c1-25-9-14(20)11-27-12-15(21)10-26-8-7-16(18(23)24)19-17(22)13-5-3-2-4-6-13/h2-6,14-16,20-21H,7-12H2,1H3,(H,19,22)(H,23,24). The molecule has 9 nitrogen and oxygen atoms in total. The third kappa shape index (κ3) is 10.0. The summed E-state index contributed by atoms with van der Waals surface area (Å²) in [7, 11) is 1.46. The van der Waals surface area contributed by atoms with Gasteiger partial charge in [0, 0.05) is 25.7 Å². The first-order chi connectivity index (χ1) is 12.9. The molecule has 0 heterocycles. The number of aliphatic carboxylic acids is 1. The number of benzene rings is 1. The number of carbonyl (C=O) groups is 2. The Labute approximate surface area is 157 Å². The van der Waals surface area contributed by atoms with Gasteiger partial charge in [-0.2, -0.15) is 0 Å². The number of ether oxygens (including phenoxy) is 3. The van der Waals surface area contributed by atoms with Gasteiger partial charge in [0.1, 0.15) is 18.2 Å². The van der Waals surface area contributed by atoms with Crippen molar-refractivity contribution in [3.05, 3.63) is 35.9 Å². The molecule has 3 atom stereocenters. The monoisotopic (exact) mass is 385 g/mol. The summed E-state index contributed by atoms with van der Waals surface area (Å²) >= 11 is 0. The summed E-state index contributed by atoms with van der Waals surface area (Å²) in [6.45, 7) is 0.109. The quantitative estimate of drug-likeness (QED) is 0.320. The van der Waals surface area contributed by atoms with Crippen LogP contribution in [0.1, 0.15) is 16.8 Å². The van der Waals surface area contributed by atoms with E-state index in [1.54, 1.807) is 30.3 Å². The van der Waals surface area contributed by atoms with E-state index in [-0.39, 0.29) is 39.5 Å². The molecular weight excluding hydrogens is 358 g/mol. The lowest BCUT2D eigenvalue weighted by atomic mass is 10.1. The molecule has 9 heteroatoms. The average molecular weight is 385 g/mol. The molecule has 1 amide bonds. The fourth-order valence-corrected chi connectivity index (χ4v) is 2.14. The number of rotatable bonds is 14. The van der Waals surface area contributed by atoms with Gasteiger partial charge in [0.05, 0.1) is 26.4 Å². The molecule has 27 heavy (non-hydrogen) atoms. The molecule has 0 aliphatic carbocycles. The highest BCUT2D eigenvalue weighted by Crippen LogP contribution is 2.02. The molecule has 0 spiro atoms. The molecular formula is C18H27NO8. The Hall–Kier alpha value is -2.04. The maximum atomic E-state index is 12.0. The lowest BCUT2D eigenvalue weighted by Gasteiger charge is -2.16. The van der Waals surface area contributed by atoms with Gasteiger partial charge in [-0.25, -0.2) is 4.79 Å². The number of hydrogen-bond acceptors (Lipinski definition) is 7. The van der Waals surface area contributed by atoms with Crippen LogP contribution in [0, 0.1) is 0 Å². The molecule has 1 rings (SSSR count). The van der Waals surface area contributed by atoms with Gasteiger partial charge in [0.15, 0.2) is 0 Å². The topological polar surface area (TPSA) is 135 Å². The van der Waals surface area contributed by atoms with Crippen LogP contribution >= 0.6 is 0 Å². The number of amides is 1. The molecule has 0 aliphatic rings. The summed E-state index contributed by atoms with van der Waals surface area (Å²) in [4.78, 5) is 23.3. The number of nitrogens with one attached hydrogen (secondary N) is 1. The highest BCUT2D eigenvalue weighted by molar-refractivity contribution is 5.96. The third-order valence-electron chi connectivity index (χ3n) is 3.48. The molecule has 152 valence electrons. The highest BCUT2D eigenvalue weighted by Gasteiger charge is 2.20. The molecule has 3 unspecified atom stereocenters. The molecule has 1 aromatic carbocycles. The number of carbonyl (C=O) groups excluding carboxylic acids is 1. The Morgan fingerprint density at radius 2 is 1.59 bits per heavy atom. The maximum absolute atomic E-state index is 12.0. The highest BCUT2D eigenvalue weighted by atomic mass is 16.5. The fourth-order valence-electron chi connectivity index (χ4n) is 2.14. The van der Waals surface area contributed by atoms with Gasteiger partial charge >= 0.3 is 5.97 Å². The third-order valence-corrected chi connectivity index (χ3v) is 3.48. The first-order valence-electron chi connectivity index (χ1n) is 8.53. The Morgan fingerprint density at radius 3 is 2.19 bits per heavy atom. The van der Waals surface area contributed by atoms with Crippen LogP contribution in [-0.2, 0) is 19.0 Å². The van der Waals surface area contributed by atoms with Gasteiger partial charge in [0.25, 0.3) is 5.91 Å². The van der Waals surface area contributed by atoms with Gasteiger partial charge in [-0.1, -0.05) is 18.2 Å². The molecule has 0 aliphatic heterocycles. The van der Waals surface area contributed by atoms with Crippen LogP contribution in [0.15, 0.2) is 30.3 Å². The van der Waals surface area contributed by atoms with Crippen molar-refractivity contribution < 1.29 is 39.1 Å². The van der Waals surface area contributed by atoms with Crippen LogP contribution in [0.25, 0.3) is 0 Å². The summed E-state index contributed by atoms with van der Waals surface area (Å²) in [5.41, 5.74) is 0.368. The number of methoxy groups -OCH3 is 1. The summed E-state index contributed by atoms with van der Waals surface area (Å²) in [6, 6.07) is 7.20. The zero-order valence-electron chi connectivity index (χ0n) is 15.2. The van der Waals surface area contributed by atoms with Crippen LogP contribution < -0.4 is 5.32 Å².